The third-order valence-electron chi connectivity index (χ3n) is 5.73. The summed E-state index contributed by atoms with van der Waals surface area (Å²) in [7, 11) is -4.85. The Morgan fingerprint density at radius 3 is 2.32 bits per heavy atom. The molecule has 1 aromatic heterocycles. The number of primary amides is 1. The summed E-state index contributed by atoms with van der Waals surface area (Å²) < 4.78 is 35.1. The molecule has 4 rings (SSSR count). The van der Waals surface area contributed by atoms with Crippen molar-refractivity contribution >= 4 is 45.6 Å². The molecular weight excluding hydrogens is 535 g/mol. The molecule has 0 bridgehead atoms. The van der Waals surface area contributed by atoms with Crippen LogP contribution >= 0.6 is 11.8 Å². The molecule has 2 aromatic rings. The zero-order chi connectivity index (χ0) is 26.2. The number of fused-ring (bicyclic) bond motifs is 1. The van der Waals surface area contributed by atoms with Crippen LogP contribution in [0.25, 0.3) is 0 Å². The van der Waals surface area contributed by atoms with E-state index in [-0.39, 0.29) is 58.7 Å². The number of β-lactam (4-membered cyclic amide) rings is 1. The van der Waals surface area contributed by atoms with Gasteiger partial charge in [0.15, 0.2) is 24.2 Å². The van der Waals surface area contributed by atoms with E-state index in [1.54, 1.807) is 23.0 Å². The van der Waals surface area contributed by atoms with Gasteiger partial charge in [-0.2, -0.15) is 8.42 Å². The molecule has 3 unspecified atom stereocenters. The minimum Gasteiger partial charge on any atom is -0.477 e. The molecule has 0 saturated carbocycles. The molecule has 15 heteroatoms. The predicted octanol–water partition coefficient (Wildman–Crippen LogP) is -3.56. The Morgan fingerprint density at radius 2 is 1.78 bits per heavy atom. The molecule has 37 heavy (non-hydrogen) atoms. The summed E-state index contributed by atoms with van der Waals surface area (Å²) in [6, 6.07) is 9.12. The molecule has 0 spiro atoms. The topological polar surface area (TPSA) is 188 Å². The van der Waals surface area contributed by atoms with Gasteiger partial charge in [0, 0.05) is 23.5 Å². The first-order chi connectivity index (χ1) is 17.0. The number of nitrogens with two attached hydrogens (primary N) is 1. The second kappa shape index (κ2) is 11.3. The molecule has 3 heterocycles. The molecule has 3 atom stereocenters. The molecule has 188 valence electrons. The van der Waals surface area contributed by atoms with Gasteiger partial charge in [0.1, 0.15) is 17.1 Å². The van der Waals surface area contributed by atoms with E-state index in [2.05, 4.69) is 5.32 Å². The van der Waals surface area contributed by atoms with Crippen molar-refractivity contribution in [3.63, 3.8) is 0 Å². The van der Waals surface area contributed by atoms with Gasteiger partial charge in [0.25, 0.3) is 16.0 Å². The third-order valence-corrected chi connectivity index (χ3v) is 8.16. The Hall–Kier alpha value is -2.75. The van der Waals surface area contributed by atoms with Crippen molar-refractivity contribution in [2.24, 2.45) is 5.73 Å². The van der Waals surface area contributed by atoms with Gasteiger partial charge in [-0.15, -0.1) is 11.8 Å². The number of aliphatic carboxylic acids is 1. The van der Waals surface area contributed by atoms with Crippen molar-refractivity contribution < 1.29 is 71.4 Å². The summed E-state index contributed by atoms with van der Waals surface area (Å²) in [5, 5.41) is 9.47. The quantitative estimate of drug-likeness (QED) is 0.110. The maximum Gasteiger partial charge on any atom is 1.00 e. The minimum absolute atomic E-state index is 0. The maximum absolute atomic E-state index is 12.9. The zero-order valence-corrected chi connectivity index (χ0v) is 23.1. The predicted molar refractivity (Wildman–Crippen MR) is 126 cm³/mol. The van der Waals surface area contributed by atoms with Crippen LogP contribution in [0.3, 0.4) is 0 Å². The van der Waals surface area contributed by atoms with Crippen molar-refractivity contribution in [3.8, 4) is 0 Å². The number of carboxylic acid groups (broad SMARTS) is 1. The molecule has 12 nitrogen and oxygen atoms in total. The molecule has 1 aromatic carbocycles. The number of amides is 3. The number of carbonyl (C=O) groups is 4. The number of hydrogen-bond donors (Lipinski definition) is 4. The van der Waals surface area contributed by atoms with Gasteiger partial charge >= 0.3 is 35.5 Å². The van der Waals surface area contributed by atoms with Crippen LogP contribution in [0.4, 0.5) is 0 Å². The summed E-state index contributed by atoms with van der Waals surface area (Å²) in [6.07, 6.45) is 3.12. The number of carboxylic acids is 1. The smallest absolute Gasteiger partial charge is 0.477 e. The summed E-state index contributed by atoms with van der Waals surface area (Å²) >= 11 is 1.21. The zero-order valence-electron chi connectivity index (χ0n) is 19.5. The van der Waals surface area contributed by atoms with Crippen LogP contribution in [0.1, 0.15) is 21.2 Å². The fourth-order valence-corrected chi connectivity index (χ4v) is 6.24. The number of carbonyl (C=O) groups excluding carboxylic acids is 3. The van der Waals surface area contributed by atoms with Gasteiger partial charge in [-0.05, 0) is 5.56 Å². The van der Waals surface area contributed by atoms with Crippen molar-refractivity contribution in [2.75, 3.05) is 5.75 Å². The third kappa shape index (κ3) is 5.89. The standard InChI is InChI=1S/C22H20N4O8S2.Na/c23-18(27)13-6-8-25(9-7-13)10-14-11-35-21-15(20(29)26(21)16(14)22(30)31)24-19(28)17(36(32,33)34)12-4-2-1-3-5-12;/h1-9,15,17,21H,10-11H2,(H4-,23,24,27,28,30,31,32,33,34);/q;+1/p+1. The second-order valence-electron chi connectivity index (χ2n) is 8.08. The van der Waals surface area contributed by atoms with E-state index in [1.807, 2.05) is 0 Å². The number of rotatable bonds is 8. The van der Waals surface area contributed by atoms with Gasteiger partial charge in [-0.1, -0.05) is 30.3 Å². The molecule has 1 fully saturated rings. The van der Waals surface area contributed by atoms with Crippen molar-refractivity contribution in [1.82, 2.24) is 10.2 Å². The SMILES string of the molecule is NC(=O)c1cc[n+](CC2=C(C(=O)O)N3C(=O)C(NC(=O)C(c4ccccc4)S(=O)(=O)O)C3SC2)cc1.[Na+]. The van der Waals surface area contributed by atoms with Crippen LogP contribution in [-0.4, -0.2) is 63.8 Å². The molecule has 2 aliphatic rings. The van der Waals surface area contributed by atoms with Crippen molar-refractivity contribution in [2.45, 2.75) is 23.2 Å². The number of nitrogens with one attached hydrogen (secondary N) is 1. The Morgan fingerprint density at radius 1 is 1.16 bits per heavy atom. The van der Waals surface area contributed by atoms with E-state index < -0.39 is 50.5 Å². The first-order valence-electron chi connectivity index (χ1n) is 10.5. The number of thioether (sulfide) groups is 1. The minimum atomic E-state index is -4.85. The largest absolute Gasteiger partial charge is 1.00 e. The van der Waals surface area contributed by atoms with Gasteiger partial charge < -0.3 is 16.2 Å². The summed E-state index contributed by atoms with van der Waals surface area (Å²) in [4.78, 5) is 50.1. The van der Waals surface area contributed by atoms with Crippen LogP contribution in [0.15, 0.2) is 66.1 Å². The second-order valence-corrected chi connectivity index (χ2v) is 10.7. The number of hydrogen-bond acceptors (Lipinski definition) is 7. The van der Waals surface area contributed by atoms with Gasteiger partial charge in [-0.25, -0.2) is 9.36 Å². The van der Waals surface area contributed by atoms with E-state index in [0.29, 0.717) is 5.57 Å². The summed E-state index contributed by atoms with van der Waals surface area (Å²) in [6.45, 7) is 0.125. The van der Waals surface area contributed by atoms with E-state index in [4.69, 9.17) is 5.73 Å². The van der Waals surface area contributed by atoms with Gasteiger partial charge in [0.2, 0.25) is 11.8 Å². The van der Waals surface area contributed by atoms with Crippen LogP contribution in [0.5, 0.6) is 0 Å². The fraction of sp³-hybridized carbons (Fsp3) is 0.227. The first kappa shape index (κ1) is 28.8. The summed E-state index contributed by atoms with van der Waals surface area (Å²) in [5.74, 6) is -3.53. The van der Waals surface area contributed by atoms with Crippen LogP contribution in [0, 0.1) is 0 Å². The first-order valence-corrected chi connectivity index (χ1v) is 13.0. The van der Waals surface area contributed by atoms with Crippen LogP contribution < -0.4 is 45.2 Å². The number of benzene rings is 1. The van der Waals surface area contributed by atoms with E-state index in [9.17, 15) is 37.3 Å². The molecule has 2 aliphatic heterocycles. The van der Waals surface area contributed by atoms with Crippen LogP contribution in [-0.2, 0) is 31.0 Å². The van der Waals surface area contributed by atoms with E-state index in [1.165, 1.54) is 48.2 Å². The van der Waals surface area contributed by atoms with E-state index in [0.717, 1.165) is 4.90 Å². The van der Waals surface area contributed by atoms with E-state index >= 15 is 0 Å². The number of nitrogens with zero attached hydrogens (tertiary/aromatic N) is 2. The maximum atomic E-state index is 12.9. The Balaban J connectivity index is 0.00000380. The molecule has 0 radical (unpaired) electrons. The fourth-order valence-electron chi connectivity index (χ4n) is 4.07. The monoisotopic (exact) mass is 556 g/mol. The Kier molecular flexibility index (Phi) is 8.82. The average molecular weight is 557 g/mol. The molecule has 0 aliphatic carbocycles. The molecular formula is C22H21N4NaO8S2+2. The van der Waals surface area contributed by atoms with Crippen molar-refractivity contribution in [3.05, 3.63) is 77.3 Å². The average Bonchev–Trinajstić information content (AvgIpc) is 2.82. The van der Waals surface area contributed by atoms with Gasteiger partial charge in [-0.3, -0.25) is 23.8 Å². The van der Waals surface area contributed by atoms with Crippen molar-refractivity contribution in [1.29, 1.82) is 0 Å². The molecule has 1 saturated heterocycles. The normalized spacial score (nSPS) is 19.7. The number of aromatic nitrogens is 1. The Labute approximate surface area is 237 Å². The molecule has 5 N–H and O–H groups in total. The Bertz CT molecular complexity index is 1380. The number of pyridine rings is 1. The summed E-state index contributed by atoms with van der Waals surface area (Å²) in [5.41, 5.74) is 5.73. The molecule has 3 amide bonds. The van der Waals surface area contributed by atoms with Crippen LogP contribution in [0.2, 0.25) is 0 Å². The van der Waals surface area contributed by atoms with Gasteiger partial charge in [0.05, 0.1) is 5.56 Å².